The molecule has 0 bridgehead atoms. The maximum absolute atomic E-state index is 13.3. The molecule has 2 aliphatic heterocycles. The van der Waals surface area contributed by atoms with Gasteiger partial charge in [0.05, 0.1) is 0 Å². The molecule has 0 saturated carbocycles. The van der Waals surface area contributed by atoms with Crippen LogP contribution in [-0.2, 0) is 80.9 Å². The molecule has 0 aliphatic carbocycles. The van der Waals surface area contributed by atoms with E-state index in [0.29, 0.717) is 44.9 Å². The van der Waals surface area contributed by atoms with E-state index in [-0.39, 0.29) is 44.9 Å². The van der Waals surface area contributed by atoms with Crippen molar-refractivity contribution in [1.82, 2.24) is 0 Å². The second-order valence-electron chi connectivity index (χ2n) is 14.2. The Kier molecular flexibility index (Phi) is 22.8. The van der Waals surface area contributed by atoms with Gasteiger partial charge < -0.3 is 52.5 Å². The van der Waals surface area contributed by atoms with Gasteiger partial charge in [0.15, 0.2) is 30.7 Å². The third-order valence-corrected chi connectivity index (χ3v) is 8.84. The van der Waals surface area contributed by atoms with E-state index < -0.39 is 116 Å². The van der Waals surface area contributed by atoms with Crippen LogP contribution in [0.5, 0.6) is 0 Å². The van der Waals surface area contributed by atoms with Gasteiger partial charge >= 0.3 is 41.8 Å². The second kappa shape index (κ2) is 26.3. The Labute approximate surface area is 340 Å². The monoisotopic (exact) mass is 832 g/mol. The van der Waals surface area contributed by atoms with Gasteiger partial charge in [-0.2, -0.15) is 0 Å². The predicted octanol–water partition coefficient (Wildman–Crippen LogP) is 4.06. The molecule has 0 unspecified atom stereocenters. The zero-order valence-electron chi connectivity index (χ0n) is 35.0. The van der Waals surface area contributed by atoms with Crippen molar-refractivity contribution in [2.24, 2.45) is 0 Å². The molecule has 0 amide bonds. The van der Waals surface area contributed by atoms with Crippen LogP contribution in [0.25, 0.3) is 0 Å². The molecule has 9 atom stereocenters. The molecule has 1 N–H and O–H groups in total. The van der Waals surface area contributed by atoms with Gasteiger partial charge in [-0.1, -0.05) is 48.5 Å². The number of carbonyl (C=O) groups is 7. The first-order chi connectivity index (χ1) is 27.7. The van der Waals surface area contributed by atoms with E-state index in [2.05, 4.69) is 0 Å². The Morgan fingerprint density at radius 2 is 0.845 bits per heavy atom. The maximum atomic E-state index is 13.3. The van der Waals surface area contributed by atoms with Crippen LogP contribution in [0.1, 0.15) is 138 Å². The topological polar surface area (TPSA) is 232 Å². The molecular formula is C40H64O18. The third-order valence-electron chi connectivity index (χ3n) is 8.84. The van der Waals surface area contributed by atoms with Gasteiger partial charge in [0.2, 0.25) is 5.79 Å². The average molecular weight is 833 g/mol. The van der Waals surface area contributed by atoms with E-state index in [0.717, 1.165) is 0 Å². The molecule has 0 aromatic carbocycles. The van der Waals surface area contributed by atoms with Gasteiger partial charge in [-0.25, -0.2) is 0 Å². The van der Waals surface area contributed by atoms with Crippen molar-refractivity contribution in [2.45, 2.75) is 193 Å². The normalized spacial score (nSPS) is 26.6. The van der Waals surface area contributed by atoms with Crippen molar-refractivity contribution in [3.8, 4) is 0 Å². The van der Waals surface area contributed by atoms with Crippen LogP contribution in [0.15, 0.2) is 0 Å². The first-order valence-corrected chi connectivity index (χ1v) is 20.7. The Balaban J connectivity index is 2.81. The van der Waals surface area contributed by atoms with Crippen LogP contribution >= 0.6 is 0 Å². The van der Waals surface area contributed by atoms with Crippen LogP contribution in [0.4, 0.5) is 0 Å². The van der Waals surface area contributed by atoms with E-state index in [1.165, 1.54) is 0 Å². The van der Waals surface area contributed by atoms with Crippen LogP contribution in [0.2, 0.25) is 0 Å². The van der Waals surface area contributed by atoms with Crippen molar-refractivity contribution in [1.29, 1.82) is 0 Å². The summed E-state index contributed by atoms with van der Waals surface area (Å²) in [5, 5.41) is 12.0. The summed E-state index contributed by atoms with van der Waals surface area (Å²) in [6, 6.07) is 0. The SMILES string of the molecule is CCCC(=O)OC[C@H]1O[C@@H](O[C@@H]2[C@@H](COC(=O)CCC)O[C@](O)(COC(=O)CCC)[C@H]2OC(=O)CCC)[C@H](OC(=O)CCC)[C@@H](OC(=O)CCC)[C@H]1OC(=O)CCC. The largest absolute Gasteiger partial charge is 0.463 e. The van der Waals surface area contributed by atoms with Gasteiger partial charge in [0, 0.05) is 44.9 Å². The van der Waals surface area contributed by atoms with Gasteiger partial charge in [0.1, 0.15) is 38.1 Å². The molecule has 2 rings (SSSR count). The number of ether oxygens (including phenoxy) is 10. The first kappa shape index (κ1) is 50.3. The highest BCUT2D eigenvalue weighted by molar-refractivity contribution is 5.72. The highest BCUT2D eigenvalue weighted by Crippen LogP contribution is 2.39. The molecule has 2 fully saturated rings. The molecule has 18 nitrogen and oxygen atoms in total. The van der Waals surface area contributed by atoms with E-state index in [1.54, 1.807) is 48.5 Å². The lowest BCUT2D eigenvalue weighted by atomic mass is 9.97. The Hall–Kier alpha value is -3.87. The zero-order chi connectivity index (χ0) is 43.3. The number of esters is 7. The van der Waals surface area contributed by atoms with E-state index in [4.69, 9.17) is 47.4 Å². The summed E-state index contributed by atoms with van der Waals surface area (Å²) in [5.41, 5.74) is 0. The summed E-state index contributed by atoms with van der Waals surface area (Å²) in [6.07, 6.45) is -10.3. The van der Waals surface area contributed by atoms with Crippen molar-refractivity contribution < 1.29 is 86.0 Å². The molecule has 2 saturated heterocycles. The lowest BCUT2D eigenvalue weighted by molar-refractivity contribution is -0.324. The fraction of sp³-hybridized carbons (Fsp3) is 0.825. The van der Waals surface area contributed by atoms with Crippen molar-refractivity contribution in [3.63, 3.8) is 0 Å². The minimum Gasteiger partial charge on any atom is -0.463 e. The lowest BCUT2D eigenvalue weighted by Gasteiger charge is -2.45. The summed E-state index contributed by atoms with van der Waals surface area (Å²) in [4.78, 5) is 90.2. The number of hydrogen-bond acceptors (Lipinski definition) is 18. The van der Waals surface area contributed by atoms with Crippen LogP contribution < -0.4 is 0 Å². The third kappa shape index (κ3) is 16.1. The van der Waals surface area contributed by atoms with E-state index in [9.17, 15) is 38.7 Å². The summed E-state index contributed by atoms with van der Waals surface area (Å²) >= 11 is 0. The Morgan fingerprint density at radius 3 is 1.31 bits per heavy atom. The van der Waals surface area contributed by atoms with Gasteiger partial charge in [-0.3, -0.25) is 33.6 Å². The summed E-state index contributed by atoms with van der Waals surface area (Å²) in [5.74, 6) is -7.51. The maximum Gasteiger partial charge on any atom is 0.306 e. The molecule has 0 aromatic rings. The first-order valence-electron chi connectivity index (χ1n) is 20.7. The molecule has 0 radical (unpaired) electrons. The highest BCUT2D eigenvalue weighted by atomic mass is 16.8. The van der Waals surface area contributed by atoms with Gasteiger partial charge in [-0.15, -0.1) is 0 Å². The highest BCUT2D eigenvalue weighted by Gasteiger charge is 2.62. The molecule has 332 valence electrons. The van der Waals surface area contributed by atoms with Crippen LogP contribution in [-0.4, -0.2) is 122 Å². The second-order valence-corrected chi connectivity index (χ2v) is 14.2. The standard InChI is InChI=1S/C40H64O18/c1-8-15-27(41)49-22-25-34(53-30(44)18-11-4)36(54-31(45)19-12-5)37(55-32(46)20-13-6)39(52-25)57-35-26(23-50-28(42)16-9-2)58-40(48,24-51-29(43)17-10-3)38(35)56-33(47)21-14-7/h25-26,34-39,48H,8-24H2,1-7H3/t25-,26-,34+,35-,36+,37-,38+,39+,40-/m1/s1. The molecule has 2 aliphatic rings. The lowest BCUT2D eigenvalue weighted by Crippen LogP contribution is -2.64. The van der Waals surface area contributed by atoms with Gasteiger partial charge in [0.25, 0.3) is 0 Å². The Morgan fingerprint density at radius 1 is 0.466 bits per heavy atom. The molecule has 0 spiro atoms. The quantitative estimate of drug-likeness (QED) is 0.0956. The number of aliphatic hydroxyl groups is 1. The number of carbonyl (C=O) groups excluding carboxylic acids is 7. The van der Waals surface area contributed by atoms with Crippen molar-refractivity contribution in [3.05, 3.63) is 0 Å². The summed E-state index contributed by atoms with van der Waals surface area (Å²) in [7, 11) is 0. The van der Waals surface area contributed by atoms with Crippen LogP contribution in [0, 0.1) is 0 Å². The fourth-order valence-electron chi connectivity index (χ4n) is 6.10. The number of hydrogen-bond donors (Lipinski definition) is 1. The fourth-order valence-corrected chi connectivity index (χ4v) is 6.10. The minimum absolute atomic E-state index is 0.00142. The predicted molar refractivity (Wildman–Crippen MR) is 200 cm³/mol. The van der Waals surface area contributed by atoms with Gasteiger partial charge in [-0.05, 0) is 44.9 Å². The molecular weight excluding hydrogens is 768 g/mol. The minimum atomic E-state index is -2.57. The van der Waals surface area contributed by atoms with Crippen molar-refractivity contribution >= 4 is 41.8 Å². The average Bonchev–Trinajstić information content (AvgIpc) is 3.41. The number of rotatable bonds is 26. The molecule has 2 heterocycles. The molecule has 0 aromatic heterocycles. The summed E-state index contributed by atoms with van der Waals surface area (Å²) < 4.78 is 58.4. The Bertz CT molecular complexity index is 1340. The summed E-state index contributed by atoms with van der Waals surface area (Å²) in [6.45, 7) is 10.3. The zero-order valence-corrected chi connectivity index (χ0v) is 35.0. The molecule has 58 heavy (non-hydrogen) atoms. The molecule has 18 heteroatoms. The van der Waals surface area contributed by atoms with Crippen LogP contribution in [0.3, 0.4) is 0 Å². The van der Waals surface area contributed by atoms with E-state index in [1.807, 2.05) is 0 Å². The van der Waals surface area contributed by atoms with Crippen molar-refractivity contribution in [2.75, 3.05) is 19.8 Å². The van der Waals surface area contributed by atoms with E-state index >= 15 is 0 Å². The smallest absolute Gasteiger partial charge is 0.306 e.